The molecule has 3 nitrogen and oxygen atoms in total. The molecule has 0 aromatic rings. The number of hydrogen-bond acceptors (Lipinski definition) is 2. The predicted octanol–water partition coefficient (Wildman–Crippen LogP) is 7.09. The highest BCUT2D eigenvalue weighted by Gasteiger charge is 2.68. The van der Waals surface area contributed by atoms with Crippen molar-refractivity contribution in [1.29, 1.82) is 0 Å². The lowest BCUT2D eigenvalue weighted by Crippen LogP contribution is -2.64. The van der Waals surface area contributed by atoms with Gasteiger partial charge in [-0.2, -0.15) is 0 Å². The highest BCUT2D eigenvalue weighted by Crippen LogP contribution is 2.75. The first-order valence-corrected chi connectivity index (χ1v) is 13.8. The minimum atomic E-state index is -0.590. The Balaban J connectivity index is 1.58. The summed E-state index contributed by atoms with van der Waals surface area (Å²) in [5, 5.41) is 20.9. The normalized spacial score (nSPS) is 55.3. The Morgan fingerprint density at radius 1 is 0.909 bits per heavy atom. The van der Waals surface area contributed by atoms with Gasteiger partial charge in [-0.3, -0.25) is 4.79 Å². The molecule has 0 saturated heterocycles. The third-order valence-corrected chi connectivity index (χ3v) is 13.3. The van der Waals surface area contributed by atoms with Gasteiger partial charge in [-0.1, -0.05) is 60.1 Å². The monoisotopic (exact) mass is 456 g/mol. The number of allylic oxidation sites excluding steroid dienone is 2. The standard InChI is InChI=1S/C30H48O3/c1-18-19(25(32)33)10-13-27(4)16-17-29(6)20(24(18)27)8-9-22-28(5)14-12-23(31)26(2,3)21(28)11-15-30(22,29)7/h8,18-19,21-24,31H,9-17H2,1-7H3,(H,32,33)/t18-,19+,21-,22+,23-,24-,27+,28-,29+,30+/m0/s1. The molecule has 0 aromatic carbocycles. The van der Waals surface area contributed by atoms with Crippen LogP contribution in [0.25, 0.3) is 0 Å². The second-order valence-corrected chi connectivity index (χ2v) is 14.6. The molecule has 4 fully saturated rings. The first-order chi connectivity index (χ1) is 15.2. The quantitative estimate of drug-likeness (QED) is 0.414. The lowest BCUT2D eigenvalue weighted by molar-refractivity contribution is -0.204. The molecule has 2 N–H and O–H groups in total. The van der Waals surface area contributed by atoms with Crippen LogP contribution < -0.4 is 0 Å². The maximum Gasteiger partial charge on any atom is 0.306 e. The number of carboxylic acid groups (broad SMARTS) is 1. The van der Waals surface area contributed by atoms with E-state index in [1.807, 2.05) is 0 Å². The van der Waals surface area contributed by atoms with Crippen molar-refractivity contribution in [3.8, 4) is 0 Å². The third kappa shape index (κ3) is 2.87. The molecule has 0 heterocycles. The van der Waals surface area contributed by atoms with E-state index in [4.69, 9.17) is 0 Å². The highest BCUT2D eigenvalue weighted by molar-refractivity contribution is 5.70. The number of rotatable bonds is 1. The van der Waals surface area contributed by atoms with Gasteiger partial charge in [0.15, 0.2) is 0 Å². The molecule has 0 aliphatic heterocycles. The minimum absolute atomic E-state index is 0.0169. The average molecular weight is 457 g/mol. The molecule has 3 heteroatoms. The zero-order valence-electron chi connectivity index (χ0n) is 22.2. The summed E-state index contributed by atoms with van der Waals surface area (Å²) in [5.41, 5.74) is 2.53. The molecule has 186 valence electrons. The van der Waals surface area contributed by atoms with Crippen molar-refractivity contribution in [1.82, 2.24) is 0 Å². The van der Waals surface area contributed by atoms with Crippen LogP contribution in [-0.4, -0.2) is 22.3 Å². The molecule has 0 spiro atoms. The fraction of sp³-hybridized carbons (Fsp3) is 0.900. The molecule has 5 aliphatic carbocycles. The van der Waals surface area contributed by atoms with Crippen LogP contribution in [0.3, 0.4) is 0 Å². The van der Waals surface area contributed by atoms with E-state index >= 15 is 0 Å². The van der Waals surface area contributed by atoms with Crippen molar-refractivity contribution in [3.63, 3.8) is 0 Å². The van der Waals surface area contributed by atoms with E-state index in [2.05, 4.69) is 54.5 Å². The van der Waals surface area contributed by atoms with Crippen molar-refractivity contribution in [2.45, 2.75) is 112 Å². The number of aliphatic hydroxyl groups is 1. The topological polar surface area (TPSA) is 57.5 Å². The summed E-state index contributed by atoms with van der Waals surface area (Å²) in [7, 11) is 0. The largest absolute Gasteiger partial charge is 0.481 e. The summed E-state index contributed by atoms with van der Waals surface area (Å²) in [6, 6.07) is 0. The number of hydrogen-bond donors (Lipinski definition) is 2. The SMILES string of the molecule is C[C@@H]1[C@H]2C3=CC[C@@H]4[C@@]5(C)CC[C@H](O)C(C)(C)[C@@H]5CC[C@@]4(C)[C@]3(C)CC[C@@]2(C)CC[C@H]1C(=O)O. The number of fused-ring (bicyclic) bond motifs is 7. The predicted molar refractivity (Wildman–Crippen MR) is 133 cm³/mol. The Morgan fingerprint density at radius 2 is 1.61 bits per heavy atom. The van der Waals surface area contributed by atoms with Crippen molar-refractivity contribution in [2.75, 3.05) is 0 Å². The number of aliphatic carboxylic acids is 1. The van der Waals surface area contributed by atoms with Gasteiger partial charge in [0.25, 0.3) is 0 Å². The van der Waals surface area contributed by atoms with E-state index in [-0.39, 0.29) is 45.0 Å². The average Bonchev–Trinajstić information content (AvgIpc) is 2.72. The molecule has 0 unspecified atom stereocenters. The highest BCUT2D eigenvalue weighted by atomic mass is 16.4. The van der Waals surface area contributed by atoms with Crippen LogP contribution >= 0.6 is 0 Å². The van der Waals surface area contributed by atoms with Crippen LogP contribution in [0.4, 0.5) is 0 Å². The number of carbonyl (C=O) groups is 1. The van der Waals surface area contributed by atoms with E-state index in [0.717, 1.165) is 32.1 Å². The smallest absolute Gasteiger partial charge is 0.306 e. The first-order valence-electron chi connectivity index (χ1n) is 13.8. The maximum absolute atomic E-state index is 12.1. The van der Waals surface area contributed by atoms with E-state index in [9.17, 15) is 15.0 Å². The Labute approximate surface area is 201 Å². The van der Waals surface area contributed by atoms with E-state index in [1.54, 1.807) is 5.57 Å². The summed E-state index contributed by atoms with van der Waals surface area (Å²) in [6.07, 6.45) is 12.5. The zero-order chi connectivity index (χ0) is 24.2. The maximum atomic E-state index is 12.1. The zero-order valence-corrected chi connectivity index (χ0v) is 22.2. The van der Waals surface area contributed by atoms with Crippen LogP contribution in [0.15, 0.2) is 11.6 Å². The number of aliphatic hydroxyl groups excluding tert-OH is 1. The molecule has 10 atom stereocenters. The van der Waals surface area contributed by atoms with Gasteiger partial charge < -0.3 is 10.2 Å². The molecule has 33 heavy (non-hydrogen) atoms. The summed E-state index contributed by atoms with van der Waals surface area (Å²) in [5.74, 6) is 1.04. The van der Waals surface area contributed by atoms with Crippen LogP contribution in [0, 0.1) is 56.7 Å². The van der Waals surface area contributed by atoms with Crippen molar-refractivity contribution < 1.29 is 15.0 Å². The van der Waals surface area contributed by atoms with Gasteiger partial charge >= 0.3 is 5.97 Å². The minimum Gasteiger partial charge on any atom is -0.481 e. The van der Waals surface area contributed by atoms with E-state index in [0.29, 0.717) is 17.8 Å². The van der Waals surface area contributed by atoms with Gasteiger partial charge in [-0.05, 0) is 109 Å². The Kier molecular flexibility index (Phi) is 5.15. The molecule has 0 amide bonds. The molecule has 4 saturated carbocycles. The molecule has 5 aliphatic rings. The summed E-state index contributed by atoms with van der Waals surface area (Å²) in [4.78, 5) is 12.1. The summed E-state index contributed by atoms with van der Waals surface area (Å²) >= 11 is 0. The first kappa shape index (κ1) is 23.9. The van der Waals surface area contributed by atoms with Crippen LogP contribution in [0.2, 0.25) is 0 Å². The fourth-order valence-electron chi connectivity index (χ4n) is 11.0. The van der Waals surface area contributed by atoms with E-state index < -0.39 is 5.97 Å². The van der Waals surface area contributed by atoms with Crippen molar-refractivity contribution >= 4 is 5.97 Å². The van der Waals surface area contributed by atoms with E-state index in [1.165, 1.54) is 25.7 Å². The molecule has 0 radical (unpaired) electrons. The molecule has 0 bridgehead atoms. The fourth-order valence-corrected chi connectivity index (χ4v) is 11.0. The van der Waals surface area contributed by atoms with Gasteiger partial charge in [0.2, 0.25) is 0 Å². The molecule has 5 rings (SSSR count). The van der Waals surface area contributed by atoms with Crippen LogP contribution in [-0.2, 0) is 4.79 Å². The van der Waals surface area contributed by atoms with Crippen molar-refractivity contribution in [3.05, 3.63) is 11.6 Å². The van der Waals surface area contributed by atoms with Gasteiger partial charge in [0.1, 0.15) is 0 Å². The lowest BCUT2D eigenvalue weighted by Gasteiger charge is -2.71. The van der Waals surface area contributed by atoms with Crippen molar-refractivity contribution in [2.24, 2.45) is 56.7 Å². The Hall–Kier alpha value is -0.830. The second-order valence-electron chi connectivity index (χ2n) is 14.6. The van der Waals surface area contributed by atoms with Crippen LogP contribution in [0.5, 0.6) is 0 Å². The Bertz CT molecular complexity index is 874. The van der Waals surface area contributed by atoms with Gasteiger partial charge in [0, 0.05) is 0 Å². The van der Waals surface area contributed by atoms with Crippen LogP contribution in [0.1, 0.15) is 106 Å². The molecular formula is C30H48O3. The Morgan fingerprint density at radius 3 is 2.27 bits per heavy atom. The van der Waals surface area contributed by atoms with Gasteiger partial charge in [-0.25, -0.2) is 0 Å². The molecular weight excluding hydrogens is 408 g/mol. The van der Waals surface area contributed by atoms with Gasteiger partial charge in [-0.15, -0.1) is 0 Å². The molecule has 0 aromatic heterocycles. The summed E-state index contributed by atoms with van der Waals surface area (Å²) in [6.45, 7) is 17.1. The summed E-state index contributed by atoms with van der Waals surface area (Å²) < 4.78 is 0. The second kappa shape index (κ2) is 7.11. The van der Waals surface area contributed by atoms with Gasteiger partial charge in [0.05, 0.1) is 12.0 Å². The third-order valence-electron chi connectivity index (χ3n) is 13.3. The lowest BCUT2D eigenvalue weighted by atomic mass is 9.33. The number of carboxylic acids is 1.